The average molecular weight is 520 g/mol. The van der Waals surface area contributed by atoms with Gasteiger partial charge >= 0.3 is 0 Å². The summed E-state index contributed by atoms with van der Waals surface area (Å²) in [5, 5.41) is 6.86. The largest absolute Gasteiger partial charge is 0.497 e. The highest BCUT2D eigenvalue weighted by molar-refractivity contribution is 6.30. The molecule has 2 aromatic heterocycles. The van der Waals surface area contributed by atoms with Crippen LogP contribution >= 0.6 is 11.6 Å². The maximum absolute atomic E-state index is 13.8. The van der Waals surface area contributed by atoms with Crippen molar-refractivity contribution in [2.45, 2.75) is 39.4 Å². The van der Waals surface area contributed by atoms with Crippen molar-refractivity contribution in [3.8, 4) is 28.3 Å². The number of hydrogen-bond acceptors (Lipinski definition) is 6. The van der Waals surface area contributed by atoms with E-state index >= 15 is 0 Å². The zero-order valence-electron chi connectivity index (χ0n) is 21.6. The molecule has 8 nitrogen and oxygen atoms in total. The van der Waals surface area contributed by atoms with E-state index in [1.54, 1.807) is 43.6 Å². The number of aromatic nitrogens is 3. The summed E-state index contributed by atoms with van der Waals surface area (Å²) < 4.78 is 6.84. The first-order valence-electron chi connectivity index (χ1n) is 11.9. The summed E-state index contributed by atoms with van der Waals surface area (Å²) in [6, 6.07) is 14.6. The fourth-order valence-electron chi connectivity index (χ4n) is 4.11. The summed E-state index contributed by atoms with van der Waals surface area (Å²) in [4.78, 5) is 35.9. The second-order valence-electron chi connectivity index (χ2n) is 9.83. The van der Waals surface area contributed by atoms with E-state index in [1.807, 2.05) is 46.0 Å². The number of carbonyl (C=O) groups excluding carboxylic acids is 1. The molecule has 0 spiro atoms. The molecule has 0 aliphatic carbocycles. The first-order valence-corrected chi connectivity index (χ1v) is 12.3. The highest BCUT2D eigenvalue weighted by atomic mass is 35.5. The molecule has 37 heavy (non-hydrogen) atoms. The van der Waals surface area contributed by atoms with Crippen LogP contribution in [0.3, 0.4) is 0 Å². The number of halogens is 1. The Morgan fingerprint density at radius 1 is 1.08 bits per heavy atom. The molecule has 192 valence electrons. The number of benzene rings is 2. The molecule has 4 rings (SSSR count). The lowest BCUT2D eigenvalue weighted by atomic mass is 10.0. The quantitative estimate of drug-likeness (QED) is 0.375. The van der Waals surface area contributed by atoms with Gasteiger partial charge in [-0.15, -0.1) is 0 Å². The third-order valence-corrected chi connectivity index (χ3v) is 5.86. The first kappa shape index (κ1) is 26.3. The van der Waals surface area contributed by atoms with Gasteiger partial charge in [-0.2, -0.15) is 0 Å². The smallest absolute Gasteiger partial charge is 0.263 e. The first-order chi connectivity index (χ1) is 17.6. The Bertz CT molecular complexity index is 1530. The SMILES string of the molecule is CNCc1cc(OC)cc(-c2cnc3nc(-c4cccc(Cl)c4)n(CC(=O)NC(C)(C)C)c(=O)c3c2)c1. The number of fused-ring (bicyclic) bond motifs is 1. The minimum Gasteiger partial charge on any atom is -0.497 e. The van der Waals surface area contributed by atoms with Crippen LogP contribution in [0.15, 0.2) is 59.5 Å². The van der Waals surface area contributed by atoms with Crippen molar-refractivity contribution < 1.29 is 9.53 Å². The van der Waals surface area contributed by atoms with E-state index in [4.69, 9.17) is 21.3 Å². The topological polar surface area (TPSA) is 98.1 Å². The predicted octanol–water partition coefficient (Wildman–Crippen LogP) is 4.42. The van der Waals surface area contributed by atoms with Gasteiger partial charge in [0, 0.05) is 34.4 Å². The molecule has 2 aromatic carbocycles. The number of carbonyl (C=O) groups is 1. The van der Waals surface area contributed by atoms with E-state index in [-0.39, 0.29) is 23.7 Å². The maximum Gasteiger partial charge on any atom is 0.263 e. The highest BCUT2D eigenvalue weighted by Crippen LogP contribution is 2.28. The second-order valence-corrected chi connectivity index (χ2v) is 10.3. The Labute approximate surface area is 220 Å². The summed E-state index contributed by atoms with van der Waals surface area (Å²) in [5.74, 6) is 0.725. The number of hydrogen-bond donors (Lipinski definition) is 2. The van der Waals surface area contributed by atoms with Gasteiger partial charge in [-0.05, 0) is 75.3 Å². The van der Waals surface area contributed by atoms with Crippen LogP contribution in [-0.2, 0) is 17.9 Å². The average Bonchev–Trinajstić information content (AvgIpc) is 2.84. The van der Waals surface area contributed by atoms with Gasteiger partial charge in [0.05, 0.1) is 12.5 Å². The molecular weight excluding hydrogens is 490 g/mol. The summed E-state index contributed by atoms with van der Waals surface area (Å²) in [7, 11) is 3.49. The van der Waals surface area contributed by atoms with Crippen LogP contribution in [0.5, 0.6) is 5.75 Å². The Morgan fingerprint density at radius 2 is 1.86 bits per heavy atom. The molecule has 0 radical (unpaired) electrons. The summed E-state index contributed by atoms with van der Waals surface area (Å²) in [5.41, 5.74) is 2.71. The summed E-state index contributed by atoms with van der Waals surface area (Å²) in [6.07, 6.45) is 1.69. The van der Waals surface area contributed by atoms with Crippen LogP contribution in [0.1, 0.15) is 26.3 Å². The van der Waals surface area contributed by atoms with Crippen molar-refractivity contribution in [1.82, 2.24) is 25.2 Å². The molecule has 0 aliphatic heterocycles. The van der Waals surface area contributed by atoms with Crippen LogP contribution < -0.4 is 20.9 Å². The van der Waals surface area contributed by atoms with E-state index in [9.17, 15) is 9.59 Å². The zero-order chi connectivity index (χ0) is 26.7. The van der Waals surface area contributed by atoms with Gasteiger partial charge in [-0.25, -0.2) is 9.97 Å². The third-order valence-electron chi connectivity index (χ3n) is 5.62. The van der Waals surface area contributed by atoms with Gasteiger partial charge in [-0.3, -0.25) is 14.2 Å². The Balaban J connectivity index is 1.90. The predicted molar refractivity (Wildman–Crippen MR) is 147 cm³/mol. The van der Waals surface area contributed by atoms with E-state index in [0.717, 1.165) is 16.7 Å². The Morgan fingerprint density at radius 3 is 2.54 bits per heavy atom. The lowest BCUT2D eigenvalue weighted by molar-refractivity contribution is -0.123. The van der Waals surface area contributed by atoms with Crippen molar-refractivity contribution in [3.63, 3.8) is 0 Å². The van der Waals surface area contributed by atoms with Crippen LogP contribution in [-0.4, -0.2) is 40.1 Å². The van der Waals surface area contributed by atoms with Crippen molar-refractivity contribution in [2.24, 2.45) is 0 Å². The minimum absolute atomic E-state index is 0.198. The molecule has 1 amide bonds. The van der Waals surface area contributed by atoms with Gasteiger partial charge in [0.25, 0.3) is 5.56 Å². The van der Waals surface area contributed by atoms with Gasteiger partial charge in [0.15, 0.2) is 5.65 Å². The van der Waals surface area contributed by atoms with Gasteiger partial charge in [0.1, 0.15) is 18.1 Å². The molecular formula is C28H30ClN5O3. The molecule has 0 fully saturated rings. The fourth-order valence-corrected chi connectivity index (χ4v) is 4.30. The molecule has 4 aromatic rings. The molecule has 0 aliphatic rings. The molecule has 9 heteroatoms. The zero-order valence-corrected chi connectivity index (χ0v) is 22.3. The number of nitrogens with one attached hydrogen (secondary N) is 2. The molecule has 2 heterocycles. The standard InChI is InChI=1S/C28H30ClN5O3/c1-28(2,3)33-24(35)16-34-26(18-7-6-8-21(29)11-18)32-25-23(27(34)36)13-20(15-31-25)19-9-17(14-30-4)10-22(12-19)37-5/h6-13,15,30H,14,16H2,1-5H3,(H,33,35). The lowest BCUT2D eigenvalue weighted by Gasteiger charge is -2.21. The lowest BCUT2D eigenvalue weighted by Crippen LogP contribution is -2.43. The van der Waals surface area contributed by atoms with Gasteiger partial charge in [-0.1, -0.05) is 23.7 Å². The Hall–Kier alpha value is -3.75. The number of pyridine rings is 1. The van der Waals surface area contributed by atoms with E-state index in [1.165, 1.54) is 4.57 Å². The molecule has 0 saturated heterocycles. The number of amides is 1. The molecule has 0 unspecified atom stereocenters. The van der Waals surface area contributed by atoms with Crippen molar-refractivity contribution >= 4 is 28.5 Å². The fraction of sp³-hybridized carbons (Fsp3) is 0.286. The van der Waals surface area contributed by atoms with Crippen molar-refractivity contribution in [1.29, 1.82) is 0 Å². The van der Waals surface area contributed by atoms with Crippen LogP contribution in [0.25, 0.3) is 33.5 Å². The molecule has 2 N–H and O–H groups in total. The summed E-state index contributed by atoms with van der Waals surface area (Å²) in [6.45, 7) is 6.12. The normalized spacial score (nSPS) is 11.5. The molecule has 0 atom stereocenters. The maximum atomic E-state index is 13.8. The summed E-state index contributed by atoms with van der Waals surface area (Å²) >= 11 is 6.22. The van der Waals surface area contributed by atoms with E-state index < -0.39 is 5.54 Å². The molecule has 0 saturated carbocycles. The third kappa shape index (κ3) is 6.15. The second kappa shape index (κ2) is 10.7. The minimum atomic E-state index is -0.451. The van der Waals surface area contributed by atoms with Gasteiger partial charge in [0.2, 0.25) is 5.91 Å². The van der Waals surface area contributed by atoms with Crippen LogP contribution in [0.2, 0.25) is 5.02 Å². The Kier molecular flexibility index (Phi) is 7.61. The highest BCUT2D eigenvalue weighted by Gasteiger charge is 2.20. The number of methoxy groups -OCH3 is 1. The van der Waals surface area contributed by atoms with Crippen molar-refractivity contribution in [2.75, 3.05) is 14.2 Å². The molecule has 0 bridgehead atoms. The van der Waals surface area contributed by atoms with Gasteiger partial charge < -0.3 is 15.4 Å². The number of nitrogens with zero attached hydrogens (tertiary/aromatic N) is 3. The monoisotopic (exact) mass is 519 g/mol. The van der Waals surface area contributed by atoms with Crippen LogP contribution in [0.4, 0.5) is 0 Å². The van der Waals surface area contributed by atoms with Crippen LogP contribution in [0, 0.1) is 0 Å². The number of ether oxygens (including phenoxy) is 1. The number of rotatable bonds is 7. The van der Waals surface area contributed by atoms with Crippen molar-refractivity contribution in [3.05, 3.63) is 75.7 Å². The van der Waals surface area contributed by atoms with E-state index in [0.29, 0.717) is 34.1 Å². The van der Waals surface area contributed by atoms with E-state index in [2.05, 4.69) is 15.6 Å².